The van der Waals surface area contributed by atoms with Crippen molar-refractivity contribution in [1.82, 2.24) is 19.8 Å². The van der Waals surface area contributed by atoms with Crippen molar-refractivity contribution in [3.8, 4) is 22.9 Å². The number of nitrogens with zero attached hydrogens (tertiary/aromatic N) is 6. The highest BCUT2D eigenvalue weighted by molar-refractivity contribution is 6.35. The van der Waals surface area contributed by atoms with Crippen LogP contribution in [0.5, 0.6) is 11.8 Å². The zero-order valence-electron chi connectivity index (χ0n) is 26.6. The van der Waals surface area contributed by atoms with Crippen LogP contribution in [-0.2, 0) is 11.2 Å². The molecule has 2 saturated carbocycles. The summed E-state index contributed by atoms with van der Waals surface area (Å²) in [6, 6.07) is 8.42. The average Bonchev–Trinajstić information content (AvgIpc) is 3.97. The average molecular weight is 657 g/mol. The van der Waals surface area contributed by atoms with Crippen molar-refractivity contribution in [2.24, 2.45) is 5.92 Å². The molecular formula is C36H38ClFN6O3. The Balaban J connectivity index is 1.26. The Morgan fingerprint density at radius 2 is 2.04 bits per heavy atom. The lowest BCUT2D eigenvalue weighted by atomic mass is 9.93. The number of rotatable bonds is 9. The van der Waals surface area contributed by atoms with Crippen LogP contribution in [-0.4, -0.2) is 90.2 Å². The summed E-state index contributed by atoms with van der Waals surface area (Å²) in [6.07, 6.45) is 6.48. The number of aromatic nitrogens is 2. The minimum atomic E-state index is -1.03. The predicted octanol–water partition coefficient (Wildman–Crippen LogP) is 6.04. The molecule has 3 aromatic rings. The van der Waals surface area contributed by atoms with Crippen molar-refractivity contribution in [2.45, 2.75) is 62.6 Å². The number of anilines is 1. The molecule has 4 fully saturated rings. The van der Waals surface area contributed by atoms with Gasteiger partial charge in [0.2, 0.25) is 6.54 Å². The molecule has 244 valence electrons. The quantitative estimate of drug-likeness (QED) is 0.205. The van der Waals surface area contributed by atoms with Crippen molar-refractivity contribution < 1.29 is 18.7 Å². The first-order chi connectivity index (χ1) is 22.8. The van der Waals surface area contributed by atoms with E-state index in [0.717, 1.165) is 49.8 Å². The predicted molar refractivity (Wildman–Crippen MR) is 179 cm³/mol. The summed E-state index contributed by atoms with van der Waals surface area (Å²) < 4.78 is 27.0. The lowest BCUT2D eigenvalue weighted by Crippen LogP contribution is -2.56. The molecular weight excluding hydrogens is 619 g/mol. The normalized spacial score (nSPS) is 25.0. The number of hydrogen-bond donors (Lipinski definition) is 0. The molecule has 0 spiro atoms. The van der Waals surface area contributed by atoms with Gasteiger partial charge in [-0.05, 0) is 86.7 Å². The van der Waals surface area contributed by atoms with E-state index in [1.807, 2.05) is 11.0 Å². The van der Waals surface area contributed by atoms with Gasteiger partial charge in [-0.3, -0.25) is 4.79 Å². The summed E-state index contributed by atoms with van der Waals surface area (Å²) in [5.41, 5.74) is 5.36. The number of carbonyl (C=O) groups is 1. The maximum absolute atomic E-state index is 14.0. The van der Waals surface area contributed by atoms with Gasteiger partial charge in [0, 0.05) is 36.6 Å². The Hall–Kier alpha value is -3.94. The van der Waals surface area contributed by atoms with Crippen LogP contribution in [0.2, 0.25) is 5.02 Å². The Morgan fingerprint density at radius 3 is 2.79 bits per heavy atom. The lowest BCUT2D eigenvalue weighted by Gasteiger charge is -2.39. The molecule has 5 aliphatic rings. The standard InChI is InChI=1S/C36H38ClFN6O3/c1-20(38)35(45)44-13-12-43(18-23(44)17-39-2)34-29-16-30(37)31(26-8-4-7-25-27-14-21(27)15-28(25)26)33(47-24-9-10-24)32(29)40-36(41-34)46-19-22-6-5-11-42(22)3/h4,7-8,16,21-24,27H,1,5-6,9-15,17-19H2,3H3/t21-,22-,23-,27-/m0/s1. The fourth-order valence-electron chi connectivity index (χ4n) is 7.82. The third-order valence-corrected chi connectivity index (χ3v) is 10.9. The van der Waals surface area contributed by atoms with Gasteiger partial charge in [0.15, 0.2) is 11.6 Å². The fraction of sp³-hybridized carbons (Fsp3) is 0.500. The first-order valence-corrected chi connectivity index (χ1v) is 17.1. The third-order valence-electron chi connectivity index (χ3n) is 10.6. The van der Waals surface area contributed by atoms with Gasteiger partial charge in [-0.1, -0.05) is 36.4 Å². The SMILES string of the molecule is [C-]#[N+]C[C@H]1CN(c2nc(OC[C@@H]3CCCN3C)nc3c(OC4CC4)c(-c4cccc5c4C[C@@H]4C[C@H]54)c(Cl)cc23)CCN1C(=O)C(=C)F. The number of piperazine rings is 1. The highest BCUT2D eigenvalue weighted by atomic mass is 35.5. The summed E-state index contributed by atoms with van der Waals surface area (Å²) >= 11 is 7.25. The number of likely N-dealkylation sites (tertiary alicyclic amines) is 1. The summed E-state index contributed by atoms with van der Waals surface area (Å²) in [4.78, 5) is 31.9. The van der Waals surface area contributed by atoms with Crippen molar-refractivity contribution in [1.29, 1.82) is 0 Å². The number of likely N-dealkylation sites (N-methyl/N-ethyl adjacent to an activating group) is 1. The van der Waals surface area contributed by atoms with Gasteiger partial charge in [0.25, 0.3) is 5.91 Å². The first kappa shape index (κ1) is 30.4. The fourth-order valence-corrected chi connectivity index (χ4v) is 8.11. The van der Waals surface area contributed by atoms with E-state index in [1.54, 1.807) is 0 Å². The Labute approximate surface area is 279 Å². The molecule has 1 aromatic heterocycles. The van der Waals surface area contributed by atoms with E-state index in [2.05, 4.69) is 41.6 Å². The second-order valence-corrected chi connectivity index (χ2v) is 14.1. The zero-order valence-corrected chi connectivity index (χ0v) is 27.3. The van der Waals surface area contributed by atoms with Gasteiger partial charge in [-0.2, -0.15) is 9.97 Å². The van der Waals surface area contributed by atoms with Gasteiger partial charge >= 0.3 is 6.01 Å². The van der Waals surface area contributed by atoms with Gasteiger partial charge in [0.05, 0.1) is 11.1 Å². The van der Waals surface area contributed by atoms with Crippen molar-refractivity contribution >= 4 is 34.2 Å². The molecule has 0 unspecified atom stereocenters. The number of halogens is 2. The Bertz CT molecular complexity index is 1820. The Kier molecular flexibility index (Phi) is 7.72. The molecule has 4 atom stereocenters. The largest absolute Gasteiger partial charge is 0.487 e. The smallest absolute Gasteiger partial charge is 0.319 e. The van der Waals surface area contributed by atoms with E-state index in [1.165, 1.54) is 22.4 Å². The maximum atomic E-state index is 14.0. The lowest BCUT2D eigenvalue weighted by molar-refractivity contribution is -0.131. The van der Waals surface area contributed by atoms with E-state index < -0.39 is 17.8 Å². The molecule has 47 heavy (non-hydrogen) atoms. The number of ether oxygens (including phenoxy) is 2. The van der Waals surface area contributed by atoms with E-state index in [0.29, 0.717) is 52.5 Å². The Morgan fingerprint density at radius 1 is 1.19 bits per heavy atom. The van der Waals surface area contributed by atoms with E-state index >= 15 is 0 Å². The molecule has 0 radical (unpaired) electrons. The monoisotopic (exact) mass is 656 g/mol. The number of amides is 1. The number of carbonyl (C=O) groups excluding carboxylic acids is 1. The minimum Gasteiger partial charge on any atom is -0.487 e. The van der Waals surface area contributed by atoms with E-state index in [4.69, 9.17) is 37.6 Å². The van der Waals surface area contributed by atoms with Gasteiger partial charge in [-0.25, -0.2) is 11.0 Å². The summed E-state index contributed by atoms with van der Waals surface area (Å²) in [7, 11) is 2.11. The first-order valence-electron chi connectivity index (χ1n) is 16.7. The maximum Gasteiger partial charge on any atom is 0.319 e. The molecule has 2 saturated heterocycles. The van der Waals surface area contributed by atoms with Crippen LogP contribution in [0.1, 0.15) is 49.1 Å². The zero-order chi connectivity index (χ0) is 32.4. The van der Waals surface area contributed by atoms with Crippen LogP contribution < -0.4 is 14.4 Å². The third kappa shape index (κ3) is 5.57. The number of hydrogen-bond acceptors (Lipinski definition) is 7. The highest BCUT2D eigenvalue weighted by Crippen LogP contribution is 2.59. The van der Waals surface area contributed by atoms with Crippen molar-refractivity contribution in [3.05, 3.63) is 64.2 Å². The van der Waals surface area contributed by atoms with Gasteiger partial charge < -0.3 is 29.0 Å². The number of fused-ring (bicyclic) bond motifs is 4. The number of benzene rings is 2. The molecule has 0 bridgehead atoms. The van der Waals surface area contributed by atoms with Crippen molar-refractivity contribution in [3.63, 3.8) is 0 Å². The molecule has 2 aromatic carbocycles. The van der Waals surface area contributed by atoms with Crippen LogP contribution in [0.15, 0.2) is 36.7 Å². The molecule has 1 amide bonds. The molecule has 2 aliphatic heterocycles. The molecule has 9 nitrogen and oxygen atoms in total. The van der Waals surface area contributed by atoms with E-state index in [9.17, 15) is 9.18 Å². The van der Waals surface area contributed by atoms with Gasteiger partial charge in [-0.15, -0.1) is 0 Å². The van der Waals surface area contributed by atoms with E-state index in [-0.39, 0.29) is 37.8 Å². The molecule has 11 heteroatoms. The molecule has 8 rings (SSSR count). The van der Waals surface area contributed by atoms with Crippen LogP contribution in [0.3, 0.4) is 0 Å². The van der Waals surface area contributed by atoms with Gasteiger partial charge in [0.1, 0.15) is 24.0 Å². The molecule has 3 heterocycles. The summed E-state index contributed by atoms with van der Waals surface area (Å²) in [5, 5.41) is 1.28. The topological polar surface area (TPSA) is 75.4 Å². The van der Waals surface area contributed by atoms with Crippen molar-refractivity contribution in [2.75, 3.05) is 51.3 Å². The highest BCUT2D eigenvalue weighted by Gasteiger charge is 2.46. The molecule has 0 N–H and O–H groups in total. The molecule has 3 aliphatic carbocycles. The second kappa shape index (κ2) is 11.9. The second-order valence-electron chi connectivity index (χ2n) is 13.7. The van der Waals surface area contributed by atoms with Crippen LogP contribution in [0.4, 0.5) is 10.2 Å². The van der Waals surface area contributed by atoms with Crippen LogP contribution in [0, 0.1) is 12.5 Å². The minimum absolute atomic E-state index is 0.0258. The van der Waals surface area contributed by atoms with Crippen LogP contribution >= 0.6 is 11.6 Å². The summed E-state index contributed by atoms with van der Waals surface area (Å²) in [5.74, 6) is 0.790. The summed E-state index contributed by atoms with van der Waals surface area (Å²) in [6.45, 7) is 13.1. The van der Waals surface area contributed by atoms with Crippen LogP contribution in [0.25, 0.3) is 26.9 Å².